The summed E-state index contributed by atoms with van der Waals surface area (Å²) < 4.78 is 16.1. The fourth-order valence-electron chi connectivity index (χ4n) is 2.61. The Balaban J connectivity index is 1.91. The van der Waals surface area contributed by atoms with Crippen molar-refractivity contribution in [3.8, 4) is 11.5 Å². The molecular formula is C18H25NO5. The molecule has 1 heterocycles. The highest BCUT2D eigenvalue weighted by molar-refractivity contribution is 5.84. The fraction of sp³-hybridized carbons (Fsp3) is 0.556. The Morgan fingerprint density at radius 1 is 1.12 bits per heavy atom. The predicted molar refractivity (Wildman–Crippen MR) is 89.1 cm³/mol. The van der Waals surface area contributed by atoms with Crippen molar-refractivity contribution in [1.82, 2.24) is 4.90 Å². The van der Waals surface area contributed by atoms with Gasteiger partial charge in [0.2, 0.25) is 0 Å². The molecule has 0 spiro atoms. The van der Waals surface area contributed by atoms with Crippen LogP contribution < -0.4 is 9.47 Å². The molecule has 0 aliphatic carbocycles. The van der Waals surface area contributed by atoms with E-state index >= 15 is 0 Å². The van der Waals surface area contributed by atoms with E-state index in [4.69, 9.17) is 14.2 Å². The number of likely N-dealkylation sites (tertiary alicyclic amines) is 1. The first-order valence-electron chi connectivity index (χ1n) is 8.35. The van der Waals surface area contributed by atoms with Gasteiger partial charge in [-0.1, -0.05) is 6.92 Å². The number of rotatable bonds is 7. The fourth-order valence-corrected chi connectivity index (χ4v) is 2.61. The van der Waals surface area contributed by atoms with Crippen LogP contribution in [0.5, 0.6) is 11.5 Å². The van der Waals surface area contributed by atoms with Crippen LogP contribution in [0.1, 0.15) is 33.1 Å². The maximum Gasteiger partial charge on any atom is 0.348 e. The largest absolute Gasteiger partial charge is 0.497 e. The third-order valence-electron chi connectivity index (χ3n) is 4.03. The normalized spacial score (nSPS) is 16.4. The van der Waals surface area contributed by atoms with Gasteiger partial charge in [0.05, 0.1) is 7.11 Å². The third kappa shape index (κ3) is 4.63. The van der Waals surface area contributed by atoms with Crippen LogP contribution in [0.2, 0.25) is 0 Å². The summed E-state index contributed by atoms with van der Waals surface area (Å²) in [5, 5.41) is 0. The first-order valence-corrected chi connectivity index (χ1v) is 8.35. The minimum absolute atomic E-state index is 0.139. The molecule has 6 heteroatoms. The maximum atomic E-state index is 12.3. The Labute approximate surface area is 142 Å². The number of amides is 1. The van der Waals surface area contributed by atoms with E-state index in [1.807, 2.05) is 6.92 Å². The number of benzene rings is 1. The Bertz CT molecular complexity index is 551. The molecule has 0 unspecified atom stereocenters. The van der Waals surface area contributed by atoms with Crippen LogP contribution in [-0.4, -0.2) is 49.2 Å². The molecule has 2 rings (SSSR count). The number of hydrogen-bond donors (Lipinski definition) is 0. The Kier molecular flexibility index (Phi) is 6.46. The number of carbonyl (C=O) groups excluding carboxylic acids is 2. The van der Waals surface area contributed by atoms with Gasteiger partial charge in [0, 0.05) is 13.1 Å². The van der Waals surface area contributed by atoms with Gasteiger partial charge in [-0.05, 0) is 50.5 Å². The lowest BCUT2D eigenvalue weighted by molar-refractivity contribution is -0.164. The van der Waals surface area contributed by atoms with Crippen molar-refractivity contribution >= 4 is 11.9 Å². The molecule has 0 saturated carbocycles. The summed E-state index contributed by atoms with van der Waals surface area (Å²) in [6.07, 6.45) is 0.932. The van der Waals surface area contributed by atoms with Crippen LogP contribution in [0.15, 0.2) is 24.3 Å². The second kappa shape index (κ2) is 8.57. The number of carbonyl (C=O) groups is 2. The average molecular weight is 335 g/mol. The van der Waals surface area contributed by atoms with Crippen molar-refractivity contribution in [3.05, 3.63) is 24.3 Å². The number of hydrogen-bond acceptors (Lipinski definition) is 5. The zero-order chi connectivity index (χ0) is 17.5. The van der Waals surface area contributed by atoms with Crippen LogP contribution in [-0.2, 0) is 14.3 Å². The Hall–Kier alpha value is -2.24. The van der Waals surface area contributed by atoms with E-state index < -0.39 is 18.2 Å². The van der Waals surface area contributed by atoms with Crippen molar-refractivity contribution < 1.29 is 23.8 Å². The molecule has 1 fully saturated rings. The molecule has 1 aliphatic heterocycles. The predicted octanol–water partition coefficient (Wildman–Crippen LogP) is 2.41. The lowest BCUT2D eigenvalue weighted by atomic mass is 10.2. The van der Waals surface area contributed by atoms with Crippen molar-refractivity contribution in [2.45, 2.75) is 45.3 Å². The van der Waals surface area contributed by atoms with E-state index in [0.717, 1.165) is 25.9 Å². The van der Waals surface area contributed by atoms with Gasteiger partial charge in [-0.25, -0.2) is 4.79 Å². The summed E-state index contributed by atoms with van der Waals surface area (Å²) in [5.74, 6) is 0.606. The highest BCUT2D eigenvalue weighted by atomic mass is 16.6. The second-order valence-corrected chi connectivity index (χ2v) is 5.80. The molecule has 0 N–H and O–H groups in total. The smallest absolute Gasteiger partial charge is 0.348 e. The van der Waals surface area contributed by atoms with E-state index in [2.05, 4.69) is 0 Å². The van der Waals surface area contributed by atoms with Gasteiger partial charge in [-0.15, -0.1) is 0 Å². The summed E-state index contributed by atoms with van der Waals surface area (Å²) >= 11 is 0. The van der Waals surface area contributed by atoms with Crippen LogP contribution in [0, 0.1) is 0 Å². The molecule has 6 nitrogen and oxygen atoms in total. The number of ether oxygens (including phenoxy) is 3. The van der Waals surface area contributed by atoms with Gasteiger partial charge in [-0.3, -0.25) is 4.79 Å². The van der Waals surface area contributed by atoms with Gasteiger partial charge in [-0.2, -0.15) is 0 Å². The Morgan fingerprint density at radius 3 is 2.25 bits per heavy atom. The van der Waals surface area contributed by atoms with E-state index in [-0.39, 0.29) is 5.91 Å². The minimum atomic E-state index is -0.788. The summed E-state index contributed by atoms with van der Waals surface area (Å²) in [6, 6.07) is 6.97. The van der Waals surface area contributed by atoms with E-state index in [1.165, 1.54) is 0 Å². The molecule has 1 aromatic carbocycles. The first kappa shape index (κ1) is 18.1. The maximum absolute atomic E-state index is 12.3. The van der Waals surface area contributed by atoms with Crippen molar-refractivity contribution in [3.63, 3.8) is 0 Å². The van der Waals surface area contributed by atoms with Crippen LogP contribution >= 0.6 is 0 Å². The zero-order valence-electron chi connectivity index (χ0n) is 14.5. The van der Waals surface area contributed by atoms with Gasteiger partial charge >= 0.3 is 5.97 Å². The molecule has 0 bridgehead atoms. The molecule has 1 aromatic rings. The standard InChI is InChI=1S/C18H25NO5/c1-4-16(24-15-9-7-14(22-3)8-10-15)18(21)23-13(2)17(20)19-11-5-6-12-19/h7-10,13,16H,4-6,11-12H2,1-3H3/t13-,16+/m0/s1. The second-order valence-electron chi connectivity index (χ2n) is 5.80. The highest BCUT2D eigenvalue weighted by Crippen LogP contribution is 2.20. The monoisotopic (exact) mass is 335 g/mol. The van der Waals surface area contributed by atoms with Gasteiger partial charge in [0.25, 0.3) is 5.91 Å². The summed E-state index contributed by atoms with van der Waals surface area (Å²) in [5.41, 5.74) is 0. The third-order valence-corrected chi connectivity index (χ3v) is 4.03. The summed E-state index contributed by atoms with van der Waals surface area (Å²) in [7, 11) is 1.58. The number of nitrogens with zero attached hydrogens (tertiary/aromatic N) is 1. The van der Waals surface area contributed by atoms with Crippen molar-refractivity contribution in [1.29, 1.82) is 0 Å². The van der Waals surface area contributed by atoms with Gasteiger partial charge < -0.3 is 19.1 Å². The van der Waals surface area contributed by atoms with Gasteiger partial charge in [0.15, 0.2) is 12.2 Å². The van der Waals surface area contributed by atoms with E-state index in [1.54, 1.807) is 43.2 Å². The molecule has 0 radical (unpaired) electrons. The Morgan fingerprint density at radius 2 is 1.71 bits per heavy atom. The summed E-state index contributed by atoms with van der Waals surface area (Å²) in [4.78, 5) is 26.2. The molecule has 0 aromatic heterocycles. The van der Waals surface area contributed by atoms with Crippen molar-refractivity contribution in [2.24, 2.45) is 0 Å². The first-order chi connectivity index (χ1) is 11.5. The van der Waals surface area contributed by atoms with Gasteiger partial charge in [0.1, 0.15) is 11.5 Å². The quantitative estimate of drug-likeness (QED) is 0.716. The lowest BCUT2D eigenvalue weighted by Crippen LogP contribution is -2.40. The molecule has 1 saturated heterocycles. The minimum Gasteiger partial charge on any atom is -0.497 e. The van der Waals surface area contributed by atoms with E-state index in [0.29, 0.717) is 17.9 Å². The van der Waals surface area contributed by atoms with Crippen LogP contribution in [0.3, 0.4) is 0 Å². The summed E-state index contributed by atoms with van der Waals surface area (Å²) in [6.45, 7) is 4.92. The average Bonchev–Trinajstić information content (AvgIpc) is 3.13. The van der Waals surface area contributed by atoms with E-state index in [9.17, 15) is 9.59 Å². The molecule has 2 atom stereocenters. The lowest BCUT2D eigenvalue weighted by Gasteiger charge is -2.23. The zero-order valence-corrected chi connectivity index (χ0v) is 14.5. The molecule has 1 aliphatic rings. The number of methoxy groups -OCH3 is 1. The molecule has 1 amide bonds. The van der Waals surface area contributed by atoms with Crippen molar-refractivity contribution in [2.75, 3.05) is 20.2 Å². The van der Waals surface area contributed by atoms with Crippen LogP contribution in [0.25, 0.3) is 0 Å². The topological polar surface area (TPSA) is 65.1 Å². The molecule has 132 valence electrons. The SMILES string of the molecule is CC[C@@H](Oc1ccc(OC)cc1)C(=O)O[C@@H](C)C(=O)N1CCCC1. The number of esters is 1. The molecular weight excluding hydrogens is 310 g/mol. The van der Waals surface area contributed by atoms with Crippen LogP contribution in [0.4, 0.5) is 0 Å². The molecule has 24 heavy (non-hydrogen) atoms. The highest BCUT2D eigenvalue weighted by Gasteiger charge is 2.29.